The Bertz CT molecular complexity index is 681. The minimum Gasteiger partial charge on any atom is -0.480 e. The van der Waals surface area contributed by atoms with E-state index in [1.165, 1.54) is 12.1 Å². The third-order valence-electron chi connectivity index (χ3n) is 2.11. The van der Waals surface area contributed by atoms with Crippen LogP contribution >= 0.6 is 0 Å². The summed E-state index contributed by atoms with van der Waals surface area (Å²) in [5.41, 5.74) is 0. The van der Waals surface area contributed by atoms with E-state index in [1.54, 1.807) is 18.2 Å². The molecule has 0 aliphatic carbocycles. The molecule has 0 spiro atoms. The van der Waals surface area contributed by atoms with Crippen molar-refractivity contribution in [3.63, 3.8) is 0 Å². The van der Waals surface area contributed by atoms with Gasteiger partial charge in [-0.1, -0.05) is 18.2 Å². The minimum atomic E-state index is -3.74. The first kappa shape index (κ1) is 13.0. The van der Waals surface area contributed by atoms with Crippen molar-refractivity contribution in [2.24, 2.45) is 0 Å². The average molecular weight is 282 g/mol. The van der Waals surface area contributed by atoms with E-state index in [-0.39, 0.29) is 10.7 Å². The van der Waals surface area contributed by atoms with E-state index in [1.807, 2.05) is 0 Å². The predicted octanol–water partition coefficient (Wildman–Crippen LogP) is 0.163. The SMILES string of the molecule is O=C(O)Cn1ncc(NS(=O)(=O)c2ccccc2)n1. The third kappa shape index (κ3) is 3.28. The second-order valence-electron chi connectivity index (χ2n) is 3.57. The number of hydrogen-bond acceptors (Lipinski definition) is 5. The molecule has 100 valence electrons. The second-order valence-corrected chi connectivity index (χ2v) is 5.25. The van der Waals surface area contributed by atoms with Gasteiger partial charge in [-0.25, -0.2) is 8.42 Å². The molecule has 0 saturated carbocycles. The van der Waals surface area contributed by atoms with Crippen molar-refractivity contribution in [1.29, 1.82) is 0 Å². The molecule has 2 aromatic rings. The van der Waals surface area contributed by atoms with Crippen molar-refractivity contribution in [2.75, 3.05) is 4.72 Å². The lowest BCUT2D eigenvalue weighted by Gasteiger charge is -2.04. The summed E-state index contributed by atoms with van der Waals surface area (Å²) in [5.74, 6) is -1.15. The van der Waals surface area contributed by atoms with Crippen LogP contribution in [0.3, 0.4) is 0 Å². The smallest absolute Gasteiger partial charge is 0.327 e. The van der Waals surface area contributed by atoms with Gasteiger partial charge < -0.3 is 5.11 Å². The summed E-state index contributed by atoms with van der Waals surface area (Å²) in [6.07, 6.45) is 1.14. The van der Waals surface area contributed by atoms with E-state index in [0.29, 0.717) is 0 Å². The zero-order valence-electron chi connectivity index (χ0n) is 9.59. The van der Waals surface area contributed by atoms with E-state index >= 15 is 0 Å². The molecule has 0 fully saturated rings. The van der Waals surface area contributed by atoms with Crippen LogP contribution in [-0.4, -0.2) is 34.5 Å². The first-order chi connectivity index (χ1) is 8.97. The highest BCUT2D eigenvalue weighted by Gasteiger charge is 2.15. The van der Waals surface area contributed by atoms with E-state index in [2.05, 4.69) is 14.9 Å². The Morgan fingerprint density at radius 2 is 2.00 bits per heavy atom. The summed E-state index contributed by atoms with van der Waals surface area (Å²) in [5, 5.41) is 15.9. The fraction of sp³-hybridized carbons (Fsp3) is 0.100. The van der Waals surface area contributed by atoms with E-state index in [9.17, 15) is 13.2 Å². The summed E-state index contributed by atoms with van der Waals surface area (Å²) in [7, 11) is -3.74. The highest BCUT2D eigenvalue weighted by atomic mass is 32.2. The first-order valence-corrected chi connectivity index (χ1v) is 6.65. The van der Waals surface area contributed by atoms with Crippen LogP contribution in [0.15, 0.2) is 41.4 Å². The number of hydrogen-bond donors (Lipinski definition) is 2. The van der Waals surface area contributed by atoms with E-state index < -0.39 is 22.5 Å². The number of rotatable bonds is 5. The van der Waals surface area contributed by atoms with Gasteiger partial charge in [0.2, 0.25) is 0 Å². The number of aliphatic carboxylic acids is 1. The van der Waals surface area contributed by atoms with Gasteiger partial charge in [0.15, 0.2) is 12.4 Å². The molecule has 0 amide bonds. The van der Waals surface area contributed by atoms with Crippen LogP contribution in [0.5, 0.6) is 0 Å². The molecule has 0 unspecified atom stereocenters. The van der Waals surface area contributed by atoms with Gasteiger partial charge in [-0.15, -0.1) is 5.10 Å². The molecule has 0 atom stereocenters. The lowest BCUT2D eigenvalue weighted by atomic mass is 10.4. The Labute approximate surface area is 108 Å². The number of aromatic nitrogens is 3. The molecule has 1 heterocycles. The van der Waals surface area contributed by atoms with Crippen molar-refractivity contribution < 1.29 is 18.3 Å². The van der Waals surface area contributed by atoms with E-state index in [4.69, 9.17) is 5.11 Å². The van der Waals surface area contributed by atoms with Crippen LogP contribution < -0.4 is 4.72 Å². The Hall–Kier alpha value is -2.42. The van der Waals surface area contributed by atoms with Crippen LogP contribution in [0.1, 0.15) is 0 Å². The number of benzene rings is 1. The average Bonchev–Trinajstić information content (AvgIpc) is 2.76. The highest BCUT2D eigenvalue weighted by Crippen LogP contribution is 2.12. The Kier molecular flexibility index (Phi) is 3.47. The molecule has 0 bridgehead atoms. The zero-order valence-corrected chi connectivity index (χ0v) is 10.4. The molecular formula is C10H10N4O4S. The molecule has 19 heavy (non-hydrogen) atoms. The summed E-state index contributed by atoms with van der Waals surface area (Å²) in [6, 6.07) is 7.75. The zero-order chi connectivity index (χ0) is 13.9. The topological polar surface area (TPSA) is 114 Å². The van der Waals surface area contributed by atoms with Crippen molar-refractivity contribution in [1.82, 2.24) is 15.0 Å². The molecule has 8 nitrogen and oxygen atoms in total. The van der Waals surface area contributed by atoms with Gasteiger partial charge in [0.25, 0.3) is 10.0 Å². The summed E-state index contributed by atoms with van der Waals surface area (Å²) >= 11 is 0. The lowest BCUT2D eigenvalue weighted by Crippen LogP contribution is -2.15. The van der Waals surface area contributed by atoms with Gasteiger partial charge in [-0.3, -0.25) is 9.52 Å². The molecule has 1 aromatic carbocycles. The van der Waals surface area contributed by atoms with Crippen LogP contribution in [0.25, 0.3) is 0 Å². The third-order valence-corrected chi connectivity index (χ3v) is 3.48. The van der Waals surface area contributed by atoms with E-state index in [0.717, 1.165) is 11.0 Å². The predicted molar refractivity (Wildman–Crippen MR) is 64.9 cm³/mol. The maximum atomic E-state index is 11.9. The first-order valence-electron chi connectivity index (χ1n) is 5.17. The molecule has 1 aromatic heterocycles. The van der Waals surface area contributed by atoms with Crippen molar-refractivity contribution in [2.45, 2.75) is 11.4 Å². The van der Waals surface area contributed by atoms with Crippen LogP contribution in [-0.2, 0) is 21.4 Å². The van der Waals surface area contributed by atoms with Crippen molar-refractivity contribution in [3.05, 3.63) is 36.5 Å². The quantitative estimate of drug-likeness (QED) is 0.807. The second kappa shape index (κ2) is 5.06. The minimum absolute atomic E-state index is 0.0369. The Balaban J connectivity index is 2.17. The number of nitrogens with zero attached hydrogens (tertiary/aromatic N) is 3. The molecule has 2 N–H and O–H groups in total. The summed E-state index contributed by atoms with van der Waals surface area (Å²) in [4.78, 5) is 11.4. The summed E-state index contributed by atoms with van der Waals surface area (Å²) < 4.78 is 26.1. The van der Waals surface area contributed by atoms with Crippen LogP contribution in [0.4, 0.5) is 5.82 Å². The fourth-order valence-corrected chi connectivity index (χ4v) is 2.34. The molecule has 0 saturated heterocycles. The van der Waals surface area contributed by atoms with Gasteiger partial charge in [0.1, 0.15) is 0 Å². The fourth-order valence-electron chi connectivity index (χ4n) is 1.34. The highest BCUT2D eigenvalue weighted by molar-refractivity contribution is 7.92. The molecular weight excluding hydrogens is 272 g/mol. The van der Waals surface area contributed by atoms with Crippen LogP contribution in [0.2, 0.25) is 0 Å². The molecule has 0 radical (unpaired) electrons. The normalized spacial score (nSPS) is 11.2. The molecule has 0 aliphatic rings. The maximum absolute atomic E-state index is 11.9. The lowest BCUT2D eigenvalue weighted by molar-refractivity contribution is -0.138. The largest absolute Gasteiger partial charge is 0.480 e. The number of carbonyl (C=O) groups is 1. The Morgan fingerprint density at radius 1 is 1.32 bits per heavy atom. The number of carboxylic acid groups (broad SMARTS) is 1. The standard InChI is InChI=1S/C10H10N4O4S/c15-10(16)7-14-11-6-9(12-14)13-19(17,18)8-4-2-1-3-5-8/h1-6H,7H2,(H,12,13)(H,15,16). The number of nitrogens with one attached hydrogen (secondary N) is 1. The molecule has 9 heteroatoms. The van der Waals surface area contributed by atoms with Gasteiger partial charge in [-0.05, 0) is 12.1 Å². The van der Waals surface area contributed by atoms with Gasteiger partial charge in [0, 0.05) is 0 Å². The number of carboxylic acids is 1. The Morgan fingerprint density at radius 3 is 2.63 bits per heavy atom. The van der Waals surface area contributed by atoms with Crippen LogP contribution in [0, 0.1) is 0 Å². The number of anilines is 1. The van der Waals surface area contributed by atoms with Crippen molar-refractivity contribution >= 4 is 21.8 Å². The maximum Gasteiger partial charge on any atom is 0.327 e. The number of sulfonamides is 1. The molecule has 0 aliphatic heterocycles. The molecule has 2 rings (SSSR count). The van der Waals surface area contributed by atoms with Gasteiger partial charge >= 0.3 is 5.97 Å². The van der Waals surface area contributed by atoms with Gasteiger partial charge in [0.05, 0.1) is 11.1 Å². The monoisotopic (exact) mass is 282 g/mol. The van der Waals surface area contributed by atoms with Crippen molar-refractivity contribution in [3.8, 4) is 0 Å². The summed E-state index contributed by atoms with van der Waals surface area (Å²) in [6.45, 7) is -0.437. The van der Waals surface area contributed by atoms with Gasteiger partial charge in [-0.2, -0.15) is 9.90 Å².